The van der Waals surface area contributed by atoms with Crippen molar-refractivity contribution in [3.05, 3.63) is 47.1 Å². The number of aromatic nitrogens is 3. The summed E-state index contributed by atoms with van der Waals surface area (Å²) in [5.41, 5.74) is 6.14. The second-order valence-corrected chi connectivity index (χ2v) is 6.91. The minimum absolute atomic E-state index is 0.136. The van der Waals surface area contributed by atoms with Crippen molar-refractivity contribution in [2.24, 2.45) is 12.1 Å². The molecule has 7 nitrogen and oxygen atoms in total. The van der Waals surface area contributed by atoms with Crippen LogP contribution in [0.2, 0.25) is 0 Å². The average Bonchev–Trinajstić information content (AvgIpc) is 3.00. The number of hydrogen-bond donors (Lipinski definition) is 2. The number of rotatable bonds is 4. The summed E-state index contributed by atoms with van der Waals surface area (Å²) in [5.74, 6) is 0.115. The third-order valence-corrected chi connectivity index (χ3v) is 4.98. The van der Waals surface area contributed by atoms with Gasteiger partial charge < -0.3 is 9.88 Å². The number of thioether (sulfide) groups is 2. The van der Waals surface area contributed by atoms with Gasteiger partial charge in [0.1, 0.15) is 6.33 Å². The normalized spacial score (nSPS) is 13.8. The van der Waals surface area contributed by atoms with Crippen LogP contribution in [0.15, 0.2) is 46.3 Å². The van der Waals surface area contributed by atoms with E-state index in [4.69, 9.17) is 0 Å². The first-order valence-electron chi connectivity index (χ1n) is 7.16. The summed E-state index contributed by atoms with van der Waals surface area (Å²) < 4.78 is 1.77. The SMILES string of the molecule is Cc1ccc(C2=CSC(NC(=O)CSc3nncn3C)=NN2)cc1. The number of nitrogens with zero attached hydrogens (tertiary/aromatic N) is 4. The lowest BCUT2D eigenvalue weighted by Crippen LogP contribution is -2.32. The van der Waals surface area contributed by atoms with Crippen LogP contribution < -0.4 is 10.7 Å². The van der Waals surface area contributed by atoms with Crippen molar-refractivity contribution in [1.82, 2.24) is 25.5 Å². The van der Waals surface area contributed by atoms with Gasteiger partial charge in [0.25, 0.3) is 0 Å². The smallest absolute Gasteiger partial charge is 0.236 e. The number of carbonyl (C=O) groups is 1. The van der Waals surface area contributed by atoms with E-state index in [0.29, 0.717) is 10.3 Å². The zero-order valence-electron chi connectivity index (χ0n) is 13.2. The molecule has 0 spiro atoms. The number of amidine groups is 1. The number of nitrogens with one attached hydrogen (secondary N) is 2. The molecule has 2 N–H and O–H groups in total. The van der Waals surface area contributed by atoms with E-state index >= 15 is 0 Å². The molecular formula is C15H16N6OS2. The summed E-state index contributed by atoms with van der Waals surface area (Å²) >= 11 is 2.70. The van der Waals surface area contributed by atoms with Crippen molar-refractivity contribution in [1.29, 1.82) is 0 Å². The van der Waals surface area contributed by atoms with E-state index in [0.717, 1.165) is 11.3 Å². The topological polar surface area (TPSA) is 84.2 Å². The standard InChI is InChI=1S/C15H16N6OS2/c1-10-3-5-11(6-4-10)12-7-23-14(19-18-12)17-13(22)8-24-15-20-16-9-21(15)2/h3-7,9,18H,8H2,1-2H3,(H,17,19,22). The molecule has 124 valence electrons. The van der Waals surface area contributed by atoms with E-state index in [1.807, 2.05) is 43.6 Å². The second kappa shape index (κ2) is 7.54. The summed E-state index contributed by atoms with van der Waals surface area (Å²) in [6.45, 7) is 2.05. The Morgan fingerprint density at radius 3 is 2.79 bits per heavy atom. The molecule has 24 heavy (non-hydrogen) atoms. The van der Waals surface area contributed by atoms with Crippen LogP contribution in [0.3, 0.4) is 0 Å². The quantitative estimate of drug-likeness (QED) is 0.811. The zero-order valence-corrected chi connectivity index (χ0v) is 14.8. The molecule has 0 atom stereocenters. The molecule has 0 fully saturated rings. The fraction of sp³-hybridized carbons (Fsp3) is 0.200. The first-order chi connectivity index (χ1) is 11.6. The molecule has 2 aromatic rings. The summed E-state index contributed by atoms with van der Waals surface area (Å²) in [6, 6.07) is 8.16. The largest absolute Gasteiger partial charge is 0.312 e. The summed E-state index contributed by atoms with van der Waals surface area (Å²) in [7, 11) is 1.84. The Balaban J connectivity index is 1.50. The Bertz CT molecular complexity index is 797. The number of hydrogen-bond acceptors (Lipinski definition) is 7. The van der Waals surface area contributed by atoms with Crippen LogP contribution >= 0.6 is 23.5 Å². The van der Waals surface area contributed by atoms with Crippen LogP contribution in [0.1, 0.15) is 11.1 Å². The molecule has 1 aliphatic heterocycles. The summed E-state index contributed by atoms with van der Waals surface area (Å²) in [5, 5.41) is 17.8. The van der Waals surface area contributed by atoms with Crippen LogP contribution in [0.4, 0.5) is 0 Å². The van der Waals surface area contributed by atoms with Crippen molar-refractivity contribution < 1.29 is 4.79 Å². The zero-order chi connectivity index (χ0) is 16.9. The maximum atomic E-state index is 12.0. The maximum Gasteiger partial charge on any atom is 0.236 e. The van der Waals surface area contributed by atoms with Crippen LogP contribution in [0.5, 0.6) is 0 Å². The van der Waals surface area contributed by atoms with Crippen LogP contribution in [-0.2, 0) is 11.8 Å². The van der Waals surface area contributed by atoms with E-state index in [-0.39, 0.29) is 11.7 Å². The highest BCUT2D eigenvalue weighted by molar-refractivity contribution is 8.16. The first kappa shape index (κ1) is 16.6. The van der Waals surface area contributed by atoms with Gasteiger partial charge in [-0.3, -0.25) is 10.2 Å². The highest BCUT2D eigenvalue weighted by atomic mass is 32.2. The maximum absolute atomic E-state index is 12.0. The molecule has 1 amide bonds. The van der Waals surface area contributed by atoms with Gasteiger partial charge in [-0.25, -0.2) is 0 Å². The Labute approximate surface area is 148 Å². The highest BCUT2D eigenvalue weighted by Gasteiger charge is 2.13. The highest BCUT2D eigenvalue weighted by Crippen LogP contribution is 2.21. The number of aryl methyl sites for hydroxylation is 2. The van der Waals surface area contributed by atoms with Crippen molar-refractivity contribution in [3.63, 3.8) is 0 Å². The molecule has 9 heteroatoms. The van der Waals surface area contributed by atoms with Gasteiger partial charge >= 0.3 is 0 Å². The van der Waals surface area contributed by atoms with E-state index in [9.17, 15) is 4.79 Å². The molecule has 1 aromatic heterocycles. The predicted octanol–water partition coefficient (Wildman–Crippen LogP) is 1.94. The van der Waals surface area contributed by atoms with Gasteiger partial charge in [-0.05, 0) is 6.92 Å². The van der Waals surface area contributed by atoms with Crippen LogP contribution in [0.25, 0.3) is 5.70 Å². The van der Waals surface area contributed by atoms with E-state index in [1.165, 1.54) is 29.1 Å². The molecule has 0 unspecified atom stereocenters. The van der Waals surface area contributed by atoms with Gasteiger partial charge in [-0.2, -0.15) is 0 Å². The van der Waals surface area contributed by atoms with E-state index in [1.54, 1.807) is 10.9 Å². The second-order valence-electron chi connectivity index (χ2n) is 5.11. The van der Waals surface area contributed by atoms with Gasteiger partial charge in [0.2, 0.25) is 5.91 Å². The Hall–Kier alpha value is -2.26. The average molecular weight is 360 g/mol. The molecular weight excluding hydrogens is 344 g/mol. The molecule has 0 bridgehead atoms. The first-order valence-corrected chi connectivity index (χ1v) is 9.02. The third kappa shape index (κ3) is 4.18. The summed E-state index contributed by atoms with van der Waals surface area (Å²) in [4.78, 5) is 12.0. The lowest BCUT2D eigenvalue weighted by atomic mass is 10.1. The fourth-order valence-corrected chi connectivity index (χ4v) is 3.27. The molecule has 0 radical (unpaired) electrons. The molecule has 0 saturated carbocycles. The Morgan fingerprint density at radius 1 is 1.38 bits per heavy atom. The van der Waals surface area contributed by atoms with Gasteiger partial charge in [0.15, 0.2) is 10.3 Å². The molecule has 0 aliphatic carbocycles. The molecule has 1 aromatic carbocycles. The lowest BCUT2D eigenvalue weighted by Gasteiger charge is -2.14. The molecule has 3 rings (SSSR count). The lowest BCUT2D eigenvalue weighted by molar-refractivity contribution is -0.117. The number of hydrazone groups is 1. The Kier molecular flexibility index (Phi) is 5.21. The molecule has 2 heterocycles. The molecule has 0 saturated heterocycles. The van der Waals surface area contributed by atoms with Gasteiger partial charge in [0.05, 0.1) is 11.4 Å². The minimum atomic E-state index is -0.136. The van der Waals surface area contributed by atoms with Crippen molar-refractivity contribution in [3.8, 4) is 0 Å². The van der Waals surface area contributed by atoms with Crippen LogP contribution in [-0.4, -0.2) is 31.6 Å². The monoisotopic (exact) mass is 360 g/mol. The van der Waals surface area contributed by atoms with Crippen molar-refractivity contribution in [2.45, 2.75) is 12.1 Å². The number of amides is 1. The minimum Gasteiger partial charge on any atom is -0.312 e. The third-order valence-electron chi connectivity index (χ3n) is 3.18. The Morgan fingerprint density at radius 2 is 2.17 bits per heavy atom. The number of benzene rings is 1. The number of carbonyl (C=O) groups excluding carboxylic acids is 1. The molecule has 1 aliphatic rings. The predicted molar refractivity (Wildman–Crippen MR) is 97.2 cm³/mol. The fourth-order valence-electron chi connectivity index (χ4n) is 1.89. The van der Waals surface area contributed by atoms with E-state index < -0.39 is 0 Å². The van der Waals surface area contributed by atoms with Crippen molar-refractivity contribution in [2.75, 3.05) is 5.75 Å². The van der Waals surface area contributed by atoms with Gasteiger partial charge in [-0.1, -0.05) is 53.4 Å². The van der Waals surface area contributed by atoms with Gasteiger partial charge in [-0.15, -0.1) is 15.3 Å². The van der Waals surface area contributed by atoms with Crippen molar-refractivity contribution >= 4 is 40.3 Å². The van der Waals surface area contributed by atoms with E-state index in [2.05, 4.69) is 26.0 Å². The van der Waals surface area contributed by atoms with Gasteiger partial charge in [0, 0.05) is 18.0 Å². The van der Waals surface area contributed by atoms with Crippen LogP contribution in [0, 0.1) is 6.92 Å². The summed E-state index contributed by atoms with van der Waals surface area (Å²) in [6.07, 6.45) is 1.60.